The lowest BCUT2D eigenvalue weighted by molar-refractivity contribution is 0.0523. The van der Waals surface area contributed by atoms with Crippen molar-refractivity contribution in [1.82, 2.24) is 4.57 Å². The van der Waals surface area contributed by atoms with E-state index in [1.165, 1.54) is 35.7 Å². The fourth-order valence-corrected chi connectivity index (χ4v) is 3.62. The molecule has 0 radical (unpaired) electrons. The first kappa shape index (κ1) is 15.9. The highest BCUT2D eigenvalue weighted by Gasteiger charge is 2.29. The molecule has 1 atom stereocenters. The van der Waals surface area contributed by atoms with Gasteiger partial charge in [-0.3, -0.25) is 4.79 Å². The van der Waals surface area contributed by atoms with Gasteiger partial charge in [0.15, 0.2) is 0 Å². The molecule has 130 valence electrons. The second kappa shape index (κ2) is 6.39. The summed E-state index contributed by atoms with van der Waals surface area (Å²) in [5.41, 5.74) is 3.49. The van der Waals surface area contributed by atoms with Crippen molar-refractivity contribution in [2.75, 3.05) is 11.9 Å². The van der Waals surface area contributed by atoms with Crippen molar-refractivity contribution >= 4 is 11.7 Å². The number of benzene rings is 1. The Balaban J connectivity index is 1.70. The number of anilines is 1. The summed E-state index contributed by atoms with van der Waals surface area (Å²) in [5, 5.41) is 3.59. The van der Waals surface area contributed by atoms with Crippen LogP contribution < -0.4 is 10.9 Å². The lowest BCUT2D eigenvalue weighted by atomic mass is 10.1. The number of carbonyl (C=O) groups excluding carboxylic acids is 1. The highest BCUT2D eigenvalue weighted by Crippen LogP contribution is 2.39. The number of fused-ring (bicyclic) bond motifs is 1. The lowest BCUT2D eigenvalue weighted by Gasteiger charge is -2.17. The molecule has 1 aromatic heterocycles. The Morgan fingerprint density at radius 2 is 2.08 bits per heavy atom. The van der Waals surface area contributed by atoms with Gasteiger partial charge in [0, 0.05) is 17.9 Å². The van der Waals surface area contributed by atoms with Crippen LogP contribution in [0.5, 0.6) is 0 Å². The molecule has 1 heterocycles. The van der Waals surface area contributed by atoms with E-state index in [-0.39, 0.29) is 23.8 Å². The standard InChI is InChI=1S/C20H22N2O3/c1-2-25-20(24)16-6-4-12-22(19(16)23)18-11-10-14-15(18)5-3-7-17(14)21-13-8-9-13/h3-7,12-13,18,21H,2,8-11H2,1H3. The average Bonchev–Trinajstić information content (AvgIpc) is 3.32. The number of hydrogen-bond donors (Lipinski definition) is 1. The molecule has 4 rings (SSSR count). The molecule has 2 aliphatic rings. The molecule has 1 unspecified atom stereocenters. The normalized spacial score (nSPS) is 18.7. The number of rotatable bonds is 5. The van der Waals surface area contributed by atoms with Crippen molar-refractivity contribution in [3.05, 3.63) is 63.6 Å². The molecule has 5 heteroatoms. The first-order valence-corrected chi connectivity index (χ1v) is 8.95. The van der Waals surface area contributed by atoms with E-state index in [0.717, 1.165) is 12.8 Å². The number of pyridine rings is 1. The van der Waals surface area contributed by atoms with Gasteiger partial charge >= 0.3 is 5.97 Å². The molecular formula is C20H22N2O3. The number of nitrogens with zero attached hydrogens (tertiary/aromatic N) is 1. The first-order chi connectivity index (χ1) is 12.2. The summed E-state index contributed by atoms with van der Waals surface area (Å²) < 4.78 is 6.68. The third kappa shape index (κ3) is 2.95. The molecule has 0 bridgehead atoms. The van der Waals surface area contributed by atoms with E-state index in [9.17, 15) is 9.59 Å². The predicted octanol–water partition coefficient (Wildman–Crippen LogP) is 3.13. The van der Waals surface area contributed by atoms with E-state index in [4.69, 9.17) is 4.74 Å². The van der Waals surface area contributed by atoms with Crippen LogP contribution in [-0.4, -0.2) is 23.2 Å². The molecule has 1 N–H and O–H groups in total. The van der Waals surface area contributed by atoms with Gasteiger partial charge in [-0.2, -0.15) is 0 Å². The maximum Gasteiger partial charge on any atom is 0.343 e. The van der Waals surface area contributed by atoms with Crippen LogP contribution in [0.15, 0.2) is 41.3 Å². The van der Waals surface area contributed by atoms with Crippen molar-refractivity contribution in [2.24, 2.45) is 0 Å². The van der Waals surface area contributed by atoms with Crippen LogP contribution in [0.25, 0.3) is 0 Å². The van der Waals surface area contributed by atoms with Gasteiger partial charge in [-0.15, -0.1) is 0 Å². The summed E-state index contributed by atoms with van der Waals surface area (Å²) >= 11 is 0. The summed E-state index contributed by atoms with van der Waals surface area (Å²) in [6.45, 7) is 2.00. The summed E-state index contributed by atoms with van der Waals surface area (Å²) in [6, 6.07) is 10.1. The number of nitrogens with one attached hydrogen (secondary N) is 1. The van der Waals surface area contributed by atoms with E-state index < -0.39 is 5.97 Å². The molecule has 0 saturated heterocycles. The first-order valence-electron chi connectivity index (χ1n) is 8.95. The molecule has 25 heavy (non-hydrogen) atoms. The van der Waals surface area contributed by atoms with Gasteiger partial charge in [-0.25, -0.2) is 4.79 Å². The molecule has 2 aliphatic carbocycles. The molecule has 0 amide bonds. The Labute approximate surface area is 146 Å². The molecule has 1 aromatic carbocycles. The third-order valence-electron chi connectivity index (χ3n) is 4.98. The Bertz CT molecular complexity index is 867. The monoisotopic (exact) mass is 338 g/mol. The van der Waals surface area contributed by atoms with E-state index in [1.54, 1.807) is 23.8 Å². The molecule has 1 saturated carbocycles. The molecular weight excluding hydrogens is 316 g/mol. The van der Waals surface area contributed by atoms with E-state index in [1.807, 2.05) is 6.07 Å². The fourth-order valence-electron chi connectivity index (χ4n) is 3.62. The molecule has 2 aromatic rings. The second-order valence-corrected chi connectivity index (χ2v) is 6.70. The number of hydrogen-bond acceptors (Lipinski definition) is 4. The minimum Gasteiger partial charge on any atom is -0.462 e. The zero-order chi connectivity index (χ0) is 17.4. The van der Waals surface area contributed by atoms with Gasteiger partial charge in [0.25, 0.3) is 5.56 Å². The number of ether oxygens (including phenoxy) is 1. The van der Waals surface area contributed by atoms with Crippen molar-refractivity contribution in [3.63, 3.8) is 0 Å². The SMILES string of the molecule is CCOC(=O)c1cccn(C2CCc3c(NC4CC4)cccc32)c1=O. The molecule has 5 nitrogen and oxygen atoms in total. The van der Waals surface area contributed by atoms with Crippen LogP contribution in [0.4, 0.5) is 5.69 Å². The van der Waals surface area contributed by atoms with Crippen molar-refractivity contribution in [2.45, 2.75) is 44.7 Å². The van der Waals surface area contributed by atoms with Crippen LogP contribution in [0, 0.1) is 0 Å². The van der Waals surface area contributed by atoms with Gasteiger partial charge in [-0.05, 0) is 61.9 Å². The summed E-state index contributed by atoms with van der Waals surface area (Å²) in [6.07, 6.45) is 6.03. The lowest BCUT2D eigenvalue weighted by Crippen LogP contribution is -2.29. The Kier molecular flexibility index (Phi) is 4.07. The minimum atomic E-state index is -0.552. The summed E-state index contributed by atoms with van der Waals surface area (Å²) in [7, 11) is 0. The maximum absolute atomic E-state index is 12.8. The van der Waals surface area contributed by atoms with Crippen molar-refractivity contribution < 1.29 is 9.53 Å². The van der Waals surface area contributed by atoms with Crippen LogP contribution in [0.1, 0.15) is 53.7 Å². The third-order valence-corrected chi connectivity index (χ3v) is 4.98. The largest absolute Gasteiger partial charge is 0.462 e. The number of carbonyl (C=O) groups is 1. The van der Waals surface area contributed by atoms with Crippen LogP contribution in [-0.2, 0) is 11.2 Å². The maximum atomic E-state index is 12.8. The van der Waals surface area contributed by atoms with Crippen molar-refractivity contribution in [1.29, 1.82) is 0 Å². The predicted molar refractivity (Wildman–Crippen MR) is 96.2 cm³/mol. The van der Waals surface area contributed by atoms with Crippen LogP contribution in [0.2, 0.25) is 0 Å². The minimum absolute atomic E-state index is 0.0298. The fraction of sp³-hybridized carbons (Fsp3) is 0.400. The topological polar surface area (TPSA) is 60.3 Å². The van der Waals surface area contributed by atoms with Gasteiger partial charge in [0.2, 0.25) is 0 Å². The molecule has 0 aliphatic heterocycles. The smallest absolute Gasteiger partial charge is 0.343 e. The Morgan fingerprint density at radius 1 is 1.24 bits per heavy atom. The van der Waals surface area contributed by atoms with Gasteiger partial charge in [-0.1, -0.05) is 12.1 Å². The van der Waals surface area contributed by atoms with E-state index in [0.29, 0.717) is 6.04 Å². The zero-order valence-electron chi connectivity index (χ0n) is 14.3. The second-order valence-electron chi connectivity index (χ2n) is 6.70. The molecule has 0 spiro atoms. The zero-order valence-corrected chi connectivity index (χ0v) is 14.3. The van der Waals surface area contributed by atoms with Crippen molar-refractivity contribution in [3.8, 4) is 0 Å². The summed E-state index contributed by atoms with van der Waals surface area (Å²) in [4.78, 5) is 24.8. The van der Waals surface area contributed by atoms with Crippen LogP contribution >= 0.6 is 0 Å². The van der Waals surface area contributed by atoms with Crippen LogP contribution in [0.3, 0.4) is 0 Å². The molecule has 1 fully saturated rings. The van der Waals surface area contributed by atoms with Gasteiger partial charge in [0.1, 0.15) is 5.56 Å². The van der Waals surface area contributed by atoms with Gasteiger partial charge < -0.3 is 14.6 Å². The number of aromatic nitrogens is 1. The quantitative estimate of drug-likeness (QED) is 0.851. The average molecular weight is 338 g/mol. The number of esters is 1. The highest BCUT2D eigenvalue weighted by molar-refractivity contribution is 5.88. The Hall–Kier alpha value is -2.56. The van der Waals surface area contributed by atoms with E-state index in [2.05, 4.69) is 17.4 Å². The van der Waals surface area contributed by atoms with Gasteiger partial charge in [0.05, 0.1) is 12.6 Å². The Morgan fingerprint density at radius 3 is 2.84 bits per heavy atom. The van der Waals surface area contributed by atoms with E-state index >= 15 is 0 Å². The highest BCUT2D eigenvalue weighted by atomic mass is 16.5. The summed E-state index contributed by atoms with van der Waals surface area (Å²) in [5.74, 6) is -0.552.